The first-order valence-electron chi connectivity index (χ1n) is 9.38. The molecule has 1 unspecified atom stereocenters. The summed E-state index contributed by atoms with van der Waals surface area (Å²) < 4.78 is 0. The summed E-state index contributed by atoms with van der Waals surface area (Å²) in [5.41, 5.74) is 5.78. The van der Waals surface area contributed by atoms with Crippen molar-refractivity contribution < 1.29 is 4.79 Å². The third kappa shape index (κ3) is 4.25. The molecule has 26 heavy (non-hydrogen) atoms. The Bertz CT molecular complexity index is 779. The molecule has 0 aliphatic carbocycles. The lowest BCUT2D eigenvalue weighted by Gasteiger charge is -2.38. The highest BCUT2D eigenvalue weighted by molar-refractivity contribution is 5.95. The number of rotatable bonds is 4. The number of hydrogen-bond donors (Lipinski definition) is 1. The van der Waals surface area contributed by atoms with Crippen molar-refractivity contribution in [3.05, 3.63) is 59.2 Å². The number of amides is 1. The summed E-state index contributed by atoms with van der Waals surface area (Å²) in [5.74, 6) is 0.0703. The van der Waals surface area contributed by atoms with Gasteiger partial charge in [-0.15, -0.1) is 0 Å². The smallest absolute Gasteiger partial charge is 0.241 e. The lowest BCUT2D eigenvalue weighted by Crippen LogP contribution is -2.52. The lowest BCUT2D eigenvalue weighted by atomic mass is 10.1. The van der Waals surface area contributed by atoms with E-state index in [-0.39, 0.29) is 11.9 Å². The van der Waals surface area contributed by atoms with Gasteiger partial charge in [-0.25, -0.2) is 0 Å². The minimum Gasteiger partial charge on any atom is -0.369 e. The van der Waals surface area contributed by atoms with E-state index in [4.69, 9.17) is 0 Å². The molecule has 0 saturated carbocycles. The van der Waals surface area contributed by atoms with Crippen molar-refractivity contribution in [2.75, 3.05) is 36.4 Å². The van der Waals surface area contributed by atoms with Gasteiger partial charge >= 0.3 is 0 Å². The van der Waals surface area contributed by atoms with E-state index in [0.29, 0.717) is 0 Å². The molecular formula is C22H29N3O. The predicted molar refractivity (Wildman–Crippen MR) is 109 cm³/mol. The van der Waals surface area contributed by atoms with Crippen LogP contribution in [0.4, 0.5) is 11.4 Å². The van der Waals surface area contributed by atoms with Crippen molar-refractivity contribution >= 4 is 17.3 Å². The Balaban J connectivity index is 1.57. The highest BCUT2D eigenvalue weighted by Crippen LogP contribution is 2.20. The first-order chi connectivity index (χ1) is 12.4. The van der Waals surface area contributed by atoms with Crippen LogP contribution in [0.1, 0.15) is 23.6 Å². The third-order valence-electron chi connectivity index (χ3n) is 5.25. The molecule has 3 rings (SSSR count). The third-order valence-corrected chi connectivity index (χ3v) is 5.25. The van der Waals surface area contributed by atoms with Gasteiger partial charge in [-0.3, -0.25) is 9.69 Å². The van der Waals surface area contributed by atoms with Crippen LogP contribution in [0.3, 0.4) is 0 Å². The molecule has 1 atom stereocenters. The highest BCUT2D eigenvalue weighted by atomic mass is 16.2. The average molecular weight is 351 g/mol. The van der Waals surface area contributed by atoms with E-state index in [9.17, 15) is 4.79 Å². The number of anilines is 2. The van der Waals surface area contributed by atoms with E-state index in [1.54, 1.807) is 0 Å². The number of piperazine rings is 1. The molecule has 0 spiro atoms. The summed E-state index contributed by atoms with van der Waals surface area (Å²) in [6, 6.07) is 14.6. The summed E-state index contributed by atoms with van der Waals surface area (Å²) in [7, 11) is 0. The Morgan fingerprint density at radius 3 is 2.31 bits per heavy atom. The molecule has 1 aliphatic heterocycles. The molecule has 1 amide bonds. The van der Waals surface area contributed by atoms with Crippen molar-refractivity contribution in [3.63, 3.8) is 0 Å². The molecule has 2 aromatic carbocycles. The maximum atomic E-state index is 12.7. The molecule has 0 radical (unpaired) electrons. The molecule has 4 nitrogen and oxygen atoms in total. The summed E-state index contributed by atoms with van der Waals surface area (Å²) in [4.78, 5) is 17.3. The van der Waals surface area contributed by atoms with Crippen LogP contribution in [-0.4, -0.2) is 43.0 Å². The zero-order valence-corrected chi connectivity index (χ0v) is 16.2. The van der Waals surface area contributed by atoms with Crippen molar-refractivity contribution in [2.24, 2.45) is 0 Å². The van der Waals surface area contributed by atoms with E-state index in [2.05, 4.69) is 59.3 Å². The largest absolute Gasteiger partial charge is 0.369 e. The first kappa shape index (κ1) is 18.5. The first-order valence-corrected chi connectivity index (χ1v) is 9.38. The van der Waals surface area contributed by atoms with Crippen LogP contribution in [0.15, 0.2) is 42.5 Å². The van der Waals surface area contributed by atoms with Crippen molar-refractivity contribution in [2.45, 2.75) is 33.7 Å². The van der Waals surface area contributed by atoms with Gasteiger partial charge in [0.1, 0.15) is 0 Å². The maximum absolute atomic E-state index is 12.7. The van der Waals surface area contributed by atoms with Crippen molar-refractivity contribution in [1.29, 1.82) is 0 Å². The van der Waals surface area contributed by atoms with E-state index >= 15 is 0 Å². The Kier molecular flexibility index (Phi) is 5.62. The van der Waals surface area contributed by atoms with Crippen molar-refractivity contribution in [3.8, 4) is 0 Å². The second-order valence-electron chi connectivity index (χ2n) is 7.35. The van der Waals surface area contributed by atoms with Gasteiger partial charge in [0.25, 0.3) is 0 Å². The predicted octanol–water partition coefficient (Wildman–Crippen LogP) is 3.76. The molecule has 4 heteroatoms. The fourth-order valence-corrected chi connectivity index (χ4v) is 3.55. The topological polar surface area (TPSA) is 35.6 Å². The lowest BCUT2D eigenvalue weighted by molar-refractivity contribution is -0.120. The fraction of sp³-hybridized carbons (Fsp3) is 0.409. The Morgan fingerprint density at radius 2 is 1.65 bits per heavy atom. The van der Waals surface area contributed by atoms with Crippen LogP contribution in [0.2, 0.25) is 0 Å². The summed E-state index contributed by atoms with van der Waals surface area (Å²) >= 11 is 0. The molecule has 1 heterocycles. The SMILES string of the molecule is Cc1cccc(N2CCN(C(C)C(=O)Nc3ccc(C)cc3C)CC2)c1. The number of hydrogen-bond acceptors (Lipinski definition) is 3. The van der Waals surface area contributed by atoms with E-state index in [1.807, 2.05) is 26.0 Å². The van der Waals surface area contributed by atoms with E-state index in [0.717, 1.165) is 37.4 Å². The van der Waals surface area contributed by atoms with Gasteiger partial charge in [-0.1, -0.05) is 29.8 Å². The summed E-state index contributed by atoms with van der Waals surface area (Å²) in [5, 5.41) is 3.09. The number of nitrogens with zero attached hydrogens (tertiary/aromatic N) is 2. The van der Waals surface area contributed by atoms with Gasteiger partial charge in [0.15, 0.2) is 0 Å². The number of carbonyl (C=O) groups is 1. The van der Waals surface area contributed by atoms with Crippen LogP contribution in [0, 0.1) is 20.8 Å². The second-order valence-corrected chi connectivity index (χ2v) is 7.35. The van der Waals surface area contributed by atoms with Gasteiger partial charge in [0.2, 0.25) is 5.91 Å². The molecule has 0 aromatic heterocycles. The Labute approximate surface area is 156 Å². The molecule has 138 valence electrons. The minimum absolute atomic E-state index is 0.0703. The molecule has 1 saturated heterocycles. The monoisotopic (exact) mass is 351 g/mol. The van der Waals surface area contributed by atoms with Crippen LogP contribution in [-0.2, 0) is 4.79 Å². The molecule has 0 bridgehead atoms. The summed E-state index contributed by atoms with van der Waals surface area (Å²) in [6.45, 7) is 11.9. The molecule has 1 fully saturated rings. The van der Waals surface area contributed by atoms with Crippen molar-refractivity contribution in [1.82, 2.24) is 4.90 Å². The number of nitrogens with one attached hydrogen (secondary N) is 1. The van der Waals surface area contributed by atoms with Gasteiger partial charge in [-0.2, -0.15) is 0 Å². The molecule has 2 aromatic rings. The summed E-state index contributed by atoms with van der Waals surface area (Å²) in [6.07, 6.45) is 0. The average Bonchev–Trinajstić information content (AvgIpc) is 2.63. The Morgan fingerprint density at radius 1 is 0.962 bits per heavy atom. The van der Waals surface area contributed by atoms with Gasteiger partial charge < -0.3 is 10.2 Å². The zero-order chi connectivity index (χ0) is 18.7. The quantitative estimate of drug-likeness (QED) is 0.911. The fourth-order valence-electron chi connectivity index (χ4n) is 3.55. The zero-order valence-electron chi connectivity index (χ0n) is 16.2. The van der Waals surface area contributed by atoms with Gasteiger partial charge in [0.05, 0.1) is 6.04 Å². The van der Waals surface area contributed by atoms with Crippen LogP contribution >= 0.6 is 0 Å². The van der Waals surface area contributed by atoms with E-state index in [1.165, 1.54) is 16.8 Å². The van der Waals surface area contributed by atoms with E-state index < -0.39 is 0 Å². The van der Waals surface area contributed by atoms with Gasteiger partial charge in [-0.05, 0) is 57.0 Å². The van der Waals surface area contributed by atoms with Gasteiger partial charge in [0, 0.05) is 37.6 Å². The Hall–Kier alpha value is -2.33. The molecular weight excluding hydrogens is 322 g/mol. The normalized spacial score (nSPS) is 16.4. The minimum atomic E-state index is -0.129. The van der Waals surface area contributed by atoms with Crippen LogP contribution in [0.5, 0.6) is 0 Å². The molecule has 1 aliphatic rings. The second kappa shape index (κ2) is 7.92. The van der Waals surface area contributed by atoms with Crippen LogP contribution in [0.25, 0.3) is 0 Å². The standard InChI is InChI=1S/C22H29N3O/c1-16-6-5-7-20(15-16)25-12-10-24(11-13-25)19(4)22(26)23-21-9-8-17(2)14-18(21)3/h5-9,14-15,19H,10-13H2,1-4H3,(H,23,26). The number of benzene rings is 2. The highest BCUT2D eigenvalue weighted by Gasteiger charge is 2.26. The maximum Gasteiger partial charge on any atom is 0.241 e. The molecule has 1 N–H and O–H groups in total. The number of carbonyl (C=O) groups excluding carboxylic acids is 1. The van der Waals surface area contributed by atoms with Crippen LogP contribution < -0.4 is 10.2 Å². The number of aryl methyl sites for hydroxylation is 3.